The van der Waals surface area contributed by atoms with Gasteiger partial charge in [-0.3, -0.25) is 14.4 Å². The molecule has 1 aliphatic heterocycles. The van der Waals surface area contributed by atoms with Crippen LogP contribution in [-0.2, 0) is 23.6 Å². The summed E-state index contributed by atoms with van der Waals surface area (Å²) in [5.41, 5.74) is 1.53. The van der Waals surface area contributed by atoms with Crippen molar-refractivity contribution in [3.8, 4) is 0 Å². The van der Waals surface area contributed by atoms with Crippen LogP contribution in [0.5, 0.6) is 0 Å². The summed E-state index contributed by atoms with van der Waals surface area (Å²) >= 11 is 0. The Labute approximate surface area is 144 Å². The third-order valence-electron chi connectivity index (χ3n) is 4.60. The second kappa shape index (κ2) is 6.72. The van der Waals surface area contributed by atoms with Gasteiger partial charge >= 0.3 is 11.1 Å². The van der Waals surface area contributed by atoms with Crippen molar-refractivity contribution in [2.45, 2.75) is 12.8 Å². The highest BCUT2D eigenvalue weighted by atomic mass is 16.5. The molecule has 0 radical (unpaired) electrons. The van der Waals surface area contributed by atoms with E-state index in [9.17, 15) is 14.4 Å². The molecule has 0 spiro atoms. The van der Waals surface area contributed by atoms with E-state index in [4.69, 9.17) is 4.74 Å². The fourth-order valence-electron chi connectivity index (χ4n) is 3.25. The van der Waals surface area contributed by atoms with Crippen molar-refractivity contribution in [2.24, 2.45) is 14.1 Å². The number of fused-ring (bicyclic) bond motifs is 1. The van der Waals surface area contributed by atoms with E-state index in [1.807, 2.05) is 6.07 Å². The van der Waals surface area contributed by atoms with Crippen LogP contribution in [0.4, 0.5) is 11.4 Å². The first-order valence-corrected chi connectivity index (χ1v) is 8.21. The van der Waals surface area contributed by atoms with Gasteiger partial charge in [-0.2, -0.15) is 0 Å². The van der Waals surface area contributed by atoms with Crippen molar-refractivity contribution >= 4 is 28.3 Å². The topological polar surface area (TPSA) is 85.6 Å². The Morgan fingerprint density at radius 3 is 2.20 bits per heavy atom. The zero-order valence-corrected chi connectivity index (χ0v) is 14.7. The average Bonchev–Trinajstić information content (AvgIpc) is 3.12. The lowest BCUT2D eigenvalue weighted by Gasteiger charge is -2.23. The van der Waals surface area contributed by atoms with E-state index in [1.54, 1.807) is 20.2 Å². The maximum Gasteiger partial charge on any atom is 0.316 e. The molecule has 1 saturated heterocycles. The number of methoxy groups -OCH3 is 1. The highest BCUT2D eigenvalue weighted by molar-refractivity contribution is 5.99. The number of aryl methyl sites for hydroxylation is 2. The molecule has 0 atom stereocenters. The highest BCUT2D eigenvalue weighted by Gasteiger charge is 2.20. The van der Waals surface area contributed by atoms with Crippen molar-refractivity contribution in [1.82, 2.24) is 9.13 Å². The standard InChI is InChI=1S/C17H22N4O4/c1-19-13-8-11(18-15(22)10-25-3)12(21-6-4-5-7-21)9-14(13)20(2)17(24)16(19)23/h8-9H,4-7,10H2,1-3H3,(H,18,22). The van der Waals surface area contributed by atoms with Crippen molar-refractivity contribution in [3.63, 3.8) is 0 Å². The number of hydrogen-bond donors (Lipinski definition) is 1. The molecule has 1 fully saturated rings. The van der Waals surface area contributed by atoms with Crippen molar-refractivity contribution < 1.29 is 9.53 Å². The van der Waals surface area contributed by atoms with Crippen LogP contribution in [0.3, 0.4) is 0 Å². The predicted molar refractivity (Wildman–Crippen MR) is 96.4 cm³/mol. The van der Waals surface area contributed by atoms with Crippen LogP contribution in [0.1, 0.15) is 12.8 Å². The number of anilines is 2. The molecule has 25 heavy (non-hydrogen) atoms. The molecule has 2 aromatic rings. The molecule has 8 heteroatoms. The minimum Gasteiger partial charge on any atom is -0.375 e. The molecule has 8 nitrogen and oxygen atoms in total. The maximum atomic E-state index is 12.1. The highest BCUT2D eigenvalue weighted by Crippen LogP contribution is 2.32. The monoisotopic (exact) mass is 346 g/mol. The van der Waals surface area contributed by atoms with Crippen LogP contribution < -0.4 is 21.3 Å². The number of rotatable bonds is 4. The Morgan fingerprint density at radius 2 is 1.64 bits per heavy atom. The molecule has 0 bridgehead atoms. The second-order valence-corrected chi connectivity index (χ2v) is 6.26. The number of carbonyl (C=O) groups is 1. The molecular formula is C17H22N4O4. The van der Waals surface area contributed by atoms with Crippen LogP contribution in [0.2, 0.25) is 0 Å². The SMILES string of the molecule is COCC(=O)Nc1cc2c(cc1N1CCCC1)n(C)c(=O)c(=O)n2C. The van der Waals surface area contributed by atoms with Crippen molar-refractivity contribution in [3.05, 3.63) is 32.8 Å². The average molecular weight is 346 g/mol. The first-order valence-electron chi connectivity index (χ1n) is 8.21. The fourth-order valence-corrected chi connectivity index (χ4v) is 3.25. The summed E-state index contributed by atoms with van der Waals surface area (Å²) in [6.45, 7) is 1.72. The second-order valence-electron chi connectivity index (χ2n) is 6.26. The molecule has 3 rings (SSSR count). The maximum absolute atomic E-state index is 12.1. The molecule has 134 valence electrons. The van der Waals surface area contributed by atoms with E-state index in [-0.39, 0.29) is 12.5 Å². The Bertz CT molecular complexity index is 938. The quantitative estimate of drug-likeness (QED) is 0.811. The van der Waals surface area contributed by atoms with E-state index < -0.39 is 11.1 Å². The van der Waals surface area contributed by atoms with Crippen molar-refractivity contribution in [2.75, 3.05) is 37.0 Å². The lowest BCUT2D eigenvalue weighted by Crippen LogP contribution is -2.39. The van der Waals surface area contributed by atoms with Gasteiger partial charge < -0.3 is 24.1 Å². The molecule has 2 heterocycles. The van der Waals surface area contributed by atoms with Gasteiger partial charge in [0.25, 0.3) is 0 Å². The number of benzene rings is 1. The normalized spacial score (nSPS) is 14.3. The number of hydrogen-bond acceptors (Lipinski definition) is 5. The zero-order chi connectivity index (χ0) is 18.1. The van der Waals surface area contributed by atoms with Gasteiger partial charge in [0, 0.05) is 34.3 Å². The van der Waals surface area contributed by atoms with Gasteiger partial charge in [0.05, 0.1) is 22.4 Å². The smallest absolute Gasteiger partial charge is 0.316 e. The predicted octanol–water partition coefficient (Wildman–Crippen LogP) is 0.422. The number of carbonyl (C=O) groups excluding carboxylic acids is 1. The third-order valence-corrected chi connectivity index (χ3v) is 4.60. The summed E-state index contributed by atoms with van der Waals surface area (Å²) in [7, 11) is 4.60. The van der Waals surface area contributed by atoms with E-state index in [0.29, 0.717) is 16.7 Å². The van der Waals surface area contributed by atoms with Crippen LogP contribution in [-0.4, -0.2) is 41.8 Å². The van der Waals surface area contributed by atoms with Gasteiger partial charge in [0.15, 0.2) is 0 Å². The molecule has 1 N–H and O–H groups in total. The number of aromatic nitrogens is 2. The lowest BCUT2D eigenvalue weighted by molar-refractivity contribution is -0.119. The summed E-state index contributed by atoms with van der Waals surface area (Å²) in [4.78, 5) is 38.4. The Morgan fingerprint density at radius 1 is 1.08 bits per heavy atom. The molecule has 0 aliphatic carbocycles. The largest absolute Gasteiger partial charge is 0.375 e. The fraction of sp³-hybridized carbons (Fsp3) is 0.471. The van der Waals surface area contributed by atoms with E-state index in [0.717, 1.165) is 31.6 Å². The molecule has 1 amide bonds. The Balaban J connectivity index is 2.24. The molecule has 1 aromatic heterocycles. The Hall–Kier alpha value is -2.61. The first-order chi connectivity index (χ1) is 11.9. The van der Waals surface area contributed by atoms with Crippen LogP contribution in [0.25, 0.3) is 11.0 Å². The summed E-state index contributed by atoms with van der Waals surface area (Å²) < 4.78 is 7.56. The first kappa shape index (κ1) is 17.2. The Kier molecular flexibility index (Phi) is 4.63. The minimum absolute atomic E-state index is 0.0519. The van der Waals surface area contributed by atoms with Crippen LogP contribution in [0.15, 0.2) is 21.7 Å². The molecular weight excluding hydrogens is 324 g/mol. The minimum atomic E-state index is -0.599. The third kappa shape index (κ3) is 3.05. The molecule has 0 unspecified atom stereocenters. The van der Waals surface area contributed by atoms with Gasteiger partial charge in [-0.05, 0) is 25.0 Å². The summed E-state index contributed by atoms with van der Waals surface area (Å²) in [5, 5.41) is 2.85. The lowest BCUT2D eigenvalue weighted by atomic mass is 10.2. The van der Waals surface area contributed by atoms with E-state index in [1.165, 1.54) is 16.2 Å². The van der Waals surface area contributed by atoms with Crippen LogP contribution >= 0.6 is 0 Å². The van der Waals surface area contributed by atoms with Gasteiger partial charge in [-0.15, -0.1) is 0 Å². The summed E-state index contributed by atoms with van der Waals surface area (Å²) in [5.74, 6) is -0.267. The van der Waals surface area contributed by atoms with E-state index in [2.05, 4.69) is 10.2 Å². The van der Waals surface area contributed by atoms with Gasteiger partial charge in [-0.1, -0.05) is 0 Å². The van der Waals surface area contributed by atoms with Crippen molar-refractivity contribution in [1.29, 1.82) is 0 Å². The van der Waals surface area contributed by atoms with Gasteiger partial charge in [0.1, 0.15) is 6.61 Å². The van der Waals surface area contributed by atoms with Gasteiger partial charge in [0.2, 0.25) is 5.91 Å². The van der Waals surface area contributed by atoms with Gasteiger partial charge in [-0.25, -0.2) is 0 Å². The summed E-state index contributed by atoms with van der Waals surface area (Å²) in [6, 6.07) is 3.61. The zero-order valence-electron chi connectivity index (χ0n) is 14.7. The molecule has 0 saturated carbocycles. The molecule has 1 aromatic carbocycles. The number of ether oxygens (including phenoxy) is 1. The number of amides is 1. The van der Waals surface area contributed by atoms with Crippen LogP contribution in [0, 0.1) is 0 Å². The summed E-state index contributed by atoms with van der Waals surface area (Å²) in [6.07, 6.45) is 2.16. The van der Waals surface area contributed by atoms with E-state index >= 15 is 0 Å². The molecule has 1 aliphatic rings. The number of nitrogens with one attached hydrogen (secondary N) is 1. The number of nitrogens with zero attached hydrogens (tertiary/aromatic N) is 3.